The zero-order chi connectivity index (χ0) is 20.6. The number of allylic oxidation sites excluding steroid dienone is 1. The molecular weight excluding hydrogens is 368 g/mol. The van der Waals surface area contributed by atoms with Crippen LogP contribution in [0.5, 0.6) is 11.5 Å². The molecule has 3 rings (SSSR count). The number of nitrogens with one attached hydrogen (secondary N) is 1. The second-order valence-corrected chi connectivity index (χ2v) is 5.84. The second-order valence-electron chi connectivity index (χ2n) is 5.84. The first-order valence-corrected chi connectivity index (χ1v) is 8.89. The Balaban J connectivity index is 1.94. The van der Waals surface area contributed by atoms with E-state index in [1.54, 1.807) is 25.3 Å². The van der Waals surface area contributed by atoms with Crippen LogP contribution in [0.15, 0.2) is 48.5 Å². The van der Waals surface area contributed by atoms with Gasteiger partial charge >= 0.3 is 0 Å². The number of rotatable bonds is 7. The summed E-state index contributed by atoms with van der Waals surface area (Å²) in [5.74, 6) is 1.64. The Morgan fingerprint density at radius 1 is 1.14 bits per heavy atom. The van der Waals surface area contributed by atoms with Gasteiger partial charge in [0.1, 0.15) is 6.07 Å². The lowest BCUT2D eigenvalue weighted by atomic mass is 10.1. The Hall–Kier alpha value is -4.12. The van der Waals surface area contributed by atoms with Crippen LogP contribution >= 0.6 is 0 Å². The second kappa shape index (κ2) is 9.19. The van der Waals surface area contributed by atoms with E-state index in [1.807, 2.05) is 43.3 Å². The average molecular weight is 388 g/mol. The third kappa shape index (κ3) is 4.99. The quantitative estimate of drug-likeness (QED) is 0.589. The molecule has 1 heterocycles. The molecule has 0 aliphatic carbocycles. The standard InChI is InChI=1S/C21H20N6O2/c1-3-29-17-10-9-14(12-18(17)28-2)11-15(13-22)19-25-20(23)27-21(26-19)24-16-7-5-4-6-8-16/h4-12H,3H2,1-2H3,(H3,23,24,25,26,27)/b15-11+. The highest BCUT2D eigenvalue weighted by atomic mass is 16.5. The first-order chi connectivity index (χ1) is 14.1. The number of nitrogens with two attached hydrogens (primary N) is 1. The van der Waals surface area contributed by atoms with Gasteiger partial charge in [-0.05, 0) is 42.8 Å². The van der Waals surface area contributed by atoms with E-state index in [2.05, 4.69) is 26.3 Å². The van der Waals surface area contributed by atoms with Crippen LogP contribution in [0.4, 0.5) is 17.6 Å². The van der Waals surface area contributed by atoms with Crippen LogP contribution in [0.2, 0.25) is 0 Å². The molecule has 0 amide bonds. The number of hydrogen-bond donors (Lipinski definition) is 2. The van der Waals surface area contributed by atoms with Crippen molar-refractivity contribution >= 4 is 29.2 Å². The fourth-order valence-corrected chi connectivity index (χ4v) is 2.58. The number of aromatic nitrogens is 3. The summed E-state index contributed by atoms with van der Waals surface area (Å²) in [5, 5.41) is 12.7. The number of anilines is 3. The Labute approximate surface area is 168 Å². The first kappa shape index (κ1) is 19.6. The van der Waals surface area contributed by atoms with Crippen LogP contribution in [0.3, 0.4) is 0 Å². The summed E-state index contributed by atoms with van der Waals surface area (Å²) < 4.78 is 10.9. The maximum atomic E-state index is 9.64. The van der Waals surface area contributed by atoms with E-state index in [0.717, 1.165) is 11.3 Å². The molecule has 0 saturated heterocycles. The van der Waals surface area contributed by atoms with Gasteiger partial charge in [-0.25, -0.2) is 0 Å². The molecule has 0 fully saturated rings. The van der Waals surface area contributed by atoms with E-state index < -0.39 is 0 Å². The lowest BCUT2D eigenvalue weighted by Gasteiger charge is -2.10. The van der Waals surface area contributed by atoms with Crippen LogP contribution < -0.4 is 20.5 Å². The molecular formula is C21H20N6O2. The minimum atomic E-state index is 0.0128. The Morgan fingerprint density at radius 2 is 1.93 bits per heavy atom. The van der Waals surface area contributed by atoms with E-state index in [9.17, 15) is 5.26 Å². The van der Waals surface area contributed by atoms with Crippen LogP contribution in [-0.2, 0) is 0 Å². The molecule has 0 saturated carbocycles. The maximum absolute atomic E-state index is 9.64. The number of ether oxygens (including phenoxy) is 2. The Kier molecular flexibility index (Phi) is 6.22. The number of para-hydroxylation sites is 1. The monoisotopic (exact) mass is 388 g/mol. The van der Waals surface area contributed by atoms with E-state index in [4.69, 9.17) is 15.2 Å². The molecule has 3 aromatic rings. The van der Waals surface area contributed by atoms with Gasteiger partial charge in [0, 0.05) is 5.69 Å². The van der Waals surface area contributed by atoms with Crippen molar-refractivity contribution in [1.29, 1.82) is 5.26 Å². The number of methoxy groups -OCH3 is 1. The fourth-order valence-electron chi connectivity index (χ4n) is 2.58. The predicted octanol–water partition coefficient (Wildman–Crippen LogP) is 3.67. The molecule has 0 aliphatic heterocycles. The van der Waals surface area contributed by atoms with E-state index in [1.165, 1.54) is 0 Å². The molecule has 0 aliphatic rings. The highest BCUT2D eigenvalue weighted by molar-refractivity contribution is 5.87. The van der Waals surface area contributed by atoms with E-state index in [0.29, 0.717) is 18.1 Å². The summed E-state index contributed by atoms with van der Waals surface area (Å²) >= 11 is 0. The number of nitrogen functional groups attached to an aromatic ring is 1. The zero-order valence-electron chi connectivity index (χ0n) is 16.1. The topological polar surface area (TPSA) is 119 Å². The number of benzene rings is 2. The van der Waals surface area contributed by atoms with Gasteiger partial charge in [-0.2, -0.15) is 20.2 Å². The van der Waals surface area contributed by atoms with Crippen molar-refractivity contribution in [2.24, 2.45) is 0 Å². The van der Waals surface area contributed by atoms with Gasteiger partial charge in [-0.15, -0.1) is 0 Å². The normalized spacial score (nSPS) is 10.9. The van der Waals surface area contributed by atoms with Gasteiger partial charge in [0.25, 0.3) is 0 Å². The SMILES string of the molecule is CCOc1ccc(/C=C(\C#N)c2nc(N)nc(Nc3ccccc3)n2)cc1OC. The molecule has 3 N–H and O–H groups in total. The molecule has 8 heteroatoms. The fraction of sp³-hybridized carbons (Fsp3) is 0.143. The average Bonchev–Trinajstić information content (AvgIpc) is 2.73. The first-order valence-electron chi connectivity index (χ1n) is 8.89. The third-order valence-electron chi connectivity index (χ3n) is 3.84. The van der Waals surface area contributed by atoms with Gasteiger partial charge < -0.3 is 20.5 Å². The zero-order valence-corrected chi connectivity index (χ0v) is 16.1. The Bertz CT molecular complexity index is 1060. The molecule has 0 bridgehead atoms. The number of nitrogens with zero attached hydrogens (tertiary/aromatic N) is 4. The molecule has 0 atom stereocenters. The van der Waals surface area contributed by atoms with Gasteiger partial charge in [0.2, 0.25) is 11.9 Å². The lowest BCUT2D eigenvalue weighted by Crippen LogP contribution is -2.06. The molecule has 0 radical (unpaired) electrons. The van der Waals surface area contributed by atoms with Gasteiger partial charge in [-0.1, -0.05) is 24.3 Å². The molecule has 0 unspecified atom stereocenters. The highest BCUT2D eigenvalue weighted by Gasteiger charge is 2.11. The molecule has 1 aromatic heterocycles. The Morgan fingerprint density at radius 3 is 2.62 bits per heavy atom. The summed E-state index contributed by atoms with van der Waals surface area (Å²) in [7, 11) is 1.56. The van der Waals surface area contributed by atoms with Crippen molar-refractivity contribution in [3.8, 4) is 17.6 Å². The summed E-state index contributed by atoms with van der Waals surface area (Å²) in [6.07, 6.45) is 1.65. The van der Waals surface area contributed by atoms with Crippen LogP contribution in [0.25, 0.3) is 11.6 Å². The van der Waals surface area contributed by atoms with Crippen molar-refractivity contribution in [1.82, 2.24) is 15.0 Å². The van der Waals surface area contributed by atoms with Crippen molar-refractivity contribution < 1.29 is 9.47 Å². The summed E-state index contributed by atoms with van der Waals surface area (Å²) in [5.41, 5.74) is 7.59. The van der Waals surface area contributed by atoms with E-state index >= 15 is 0 Å². The van der Waals surface area contributed by atoms with Gasteiger partial charge in [0.15, 0.2) is 17.3 Å². The number of hydrogen-bond acceptors (Lipinski definition) is 8. The third-order valence-corrected chi connectivity index (χ3v) is 3.84. The maximum Gasteiger partial charge on any atom is 0.232 e. The molecule has 2 aromatic carbocycles. The van der Waals surface area contributed by atoms with Crippen molar-refractivity contribution in [2.45, 2.75) is 6.92 Å². The molecule has 8 nitrogen and oxygen atoms in total. The van der Waals surface area contributed by atoms with E-state index in [-0.39, 0.29) is 23.3 Å². The largest absolute Gasteiger partial charge is 0.493 e. The smallest absolute Gasteiger partial charge is 0.232 e. The van der Waals surface area contributed by atoms with Crippen LogP contribution in [0, 0.1) is 11.3 Å². The number of nitriles is 1. The summed E-state index contributed by atoms with van der Waals surface area (Å²) in [4.78, 5) is 12.5. The minimum Gasteiger partial charge on any atom is -0.493 e. The summed E-state index contributed by atoms with van der Waals surface area (Å²) in [6, 6.07) is 16.9. The van der Waals surface area contributed by atoms with Crippen molar-refractivity contribution in [3.05, 3.63) is 59.9 Å². The van der Waals surface area contributed by atoms with Crippen LogP contribution in [-0.4, -0.2) is 28.7 Å². The van der Waals surface area contributed by atoms with Crippen LogP contribution in [0.1, 0.15) is 18.3 Å². The van der Waals surface area contributed by atoms with Crippen molar-refractivity contribution in [3.63, 3.8) is 0 Å². The highest BCUT2D eigenvalue weighted by Crippen LogP contribution is 2.29. The summed E-state index contributed by atoms with van der Waals surface area (Å²) in [6.45, 7) is 2.42. The van der Waals surface area contributed by atoms with Gasteiger partial charge in [-0.3, -0.25) is 0 Å². The molecule has 146 valence electrons. The van der Waals surface area contributed by atoms with Crippen molar-refractivity contribution in [2.75, 3.05) is 24.8 Å². The lowest BCUT2D eigenvalue weighted by molar-refractivity contribution is 0.311. The van der Waals surface area contributed by atoms with Gasteiger partial charge in [0.05, 0.1) is 19.3 Å². The molecule has 0 spiro atoms. The minimum absolute atomic E-state index is 0.0128. The molecule has 29 heavy (non-hydrogen) atoms. The predicted molar refractivity (Wildman–Crippen MR) is 112 cm³/mol.